The third-order valence-corrected chi connectivity index (χ3v) is 4.50. The van der Waals surface area contributed by atoms with E-state index in [1.807, 2.05) is 48.5 Å². The molecule has 3 heterocycles. The Labute approximate surface area is 162 Å². The van der Waals surface area contributed by atoms with Crippen LogP contribution in [0.3, 0.4) is 0 Å². The predicted octanol–water partition coefficient (Wildman–Crippen LogP) is 4.41. The van der Waals surface area contributed by atoms with Gasteiger partial charge in [0.25, 0.3) is 0 Å². The molecule has 0 radical (unpaired) electrons. The minimum absolute atomic E-state index is 0.251. The van der Waals surface area contributed by atoms with Crippen LogP contribution in [-0.4, -0.2) is 27.7 Å². The number of benzene rings is 1. The van der Waals surface area contributed by atoms with E-state index >= 15 is 0 Å². The summed E-state index contributed by atoms with van der Waals surface area (Å²) in [6, 6.07) is 20.1. The summed E-state index contributed by atoms with van der Waals surface area (Å²) in [7, 11) is 0. The number of esters is 1. The molecule has 3 aromatic heterocycles. The van der Waals surface area contributed by atoms with Gasteiger partial charge in [0.1, 0.15) is 11.4 Å². The first-order valence-corrected chi connectivity index (χ1v) is 9.03. The number of pyridine rings is 2. The minimum atomic E-state index is -0.454. The number of nitrogens with zero attached hydrogens (tertiary/aromatic N) is 2. The summed E-state index contributed by atoms with van der Waals surface area (Å²) >= 11 is 0. The highest BCUT2D eigenvalue weighted by Crippen LogP contribution is 2.35. The summed E-state index contributed by atoms with van der Waals surface area (Å²) in [5.41, 5.74) is 3.04. The van der Waals surface area contributed by atoms with Crippen molar-refractivity contribution in [2.45, 2.75) is 6.92 Å². The Balaban J connectivity index is 2.08. The average Bonchev–Trinajstić information content (AvgIpc) is 3.10. The molecule has 0 aliphatic rings. The van der Waals surface area contributed by atoms with E-state index in [1.54, 1.807) is 41.9 Å². The van der Waals surface area contributed by atoms with Crippen molar-refractivity contribution in [1.82, 2.24) is 9.38 Å². The van der Waals surface area contributed by atoms with Crippen molar-refractivity contribution in [2.75, 3.05) is 6.61 Å². The van der Waals surface area contributed by atoms with Crippen LogP contribution < -0.4 is 0 Å². The Morgan fingerprint density at radius 2 is 1.71 bits per heavy atom. The van der Waals surface area contributed by atoms with Gasteiger partial charge in [0, 0.05) is 18.0 Å². The molecule has 0 aliphatic carbocycles. The lowest BCUT2D eigenvalue weighted by molar-refractivity contribution is 0.0529. The number of ether oxygens (including phenoxy) is 1. The lowest BCUT2D eigenvalue weighted by atomic mass is 9.98. The van der Waals surface area contributed by atoms with Crippen molar-refractivity contribution < 1.29 is 14.3 Å². The molecule has 0 bridgehead atoms. The summed E-state index contributed by atoms with van der Waals surface area (Å²) in [6.07, 6.45) is 3.36. The fraction of sp³-hybridized carbons (Fsp3) is 0.0870. The summed E-state index contributed by atoms with van der Waals surface area (Å²) in [5.74, 6) is -0.707. The number of hydrogen-bond acceptors (Lipinski definition) is 4. The van der Waals surface area contributed by atoms with Gasteiger partial charge in [-0.3, -0.25) is 9.78 Å². The molecule has 5 nitrogen and oxygen atoms in total. The first-order valence-electron chi connectivity index (χ1n) is 9.03. The van der Waals surface area contributed by atoms with E-state index in [2.05, 4.69) is 4.98 Å². The Kier molecular flexibility index (Phi) is 4.72. The smallest absolute Gasteiger partial charge is 0.340 e. The van der Waals surface area contributed by atoms with Crippen molar-refractivity contribution in [3.8, 4) is 11.1 Å². The van der Waals surface area contributed by atoms with Crippen molar-refractivity contribution in [1.29, 1.82) is 0 Å². The van der Waals surface area contributed by atoms with Crippen LogP contribution in [0.4, 0.5) is 0 Å². The van der Waals surface area contributed by atoms with Crippen molar-refractivity contribution in [3.05, 3.63) is 96.1 Å². The van der Waals surface area contributed by atoms with Crippen molar-refractivity contribution in [3.63, 3.8) is 0 Å². The Morgan fingerprint density at radius 3 is 2.43 bits per heavy atom. The maximum Gasteiger partial charge on any atom is 0.340 e. The highest BCUT2D eigenvalue weighted by molar-refractivity contribution is 6.17. The van der Waals surface area contributed by atoms with Crippen LogP contribution in [0.1, 0.15) is 33.5 Å². The standard InChI is InChI=1S/C23H18N2O3/c1-2-28-23(27)20-18-13-7-9-15-25(18)21(19(20)16-10-4-3-5-11-16)22(26)17-12-6-8-14-24-17/h3-15H,2H2,1H3. The molecule has 0 atom stereocenters. The molecule has 0 saturated carbocycles. The van der Waals surface area contributed by atoms with Crippen LogP contribution in [0.15, 0.2) is 79.1 Å². The number of ketones is 1. The molecule has 0 amide bonds. The second kappa shape index (κ2) is 7.48. The monoisotopic (exact) mass is 370 g/mol. The molecule has 4 aromatic rings. The van der Waals surface area contributed by atoms with E-state index < -0.39 is 5.97 Å². The van der Waals surface area contributed by atoms with Gasteiger partial charge in [-0.25, -0.2) is 4.79 Å². The van der Waals surface area contributed by atoms with E-state index in [4.69, 9.17) is 4.74 Å². The lowest BCUT2D eigenvalue weighted by Gasteiger charge is -2.08. The third kappa shape index (κ3) is 2.97. The van der Waals surface area contributed by atoms with Crippen LogP contribution in [0.5, 0.6) is 0 Å². The number of hydrogen-bond donors (Lipinski definition) is 0. The van der Waals surface area contributed by atoms with Crippen LogP contribution in [-0.2, 0) is 4.74 Å². The molecule has 0 aliphatic heterocycles. The van der Waals surface area contributed by atoms with Gasteiger partial charge in [0.15, 0.2) is 0 Å². The second-order valence-electron chi connectivity index (χ2n) is 6.19. The molecule has 0 saturated heterocycles. The molecule has 0 fully saturated rings. The van der Waals surface area contributed by atoms with E-state index in [0.717, 1.165) is 5.56 Å². The van der Waals surface area contributed by atoms with Crippen LogP contribution in [0.2, 0.25) is 0 Å². The van der Waals surface area contributed by atoms with Gasteiger partial charge < -0.3 is 9.14 Å². The predicted molar refractivity (Wildman–Crippen MR) is 106 cm³/mol. The molecule has 0 spiro atoms. The fourth-order valence-corrected chi connectivity index (χ4v) is 3.35. The number of fused-ring (bicyclic) bond motifs is 1. The minimum Gasteiger partial charge on any atom is -0.462 e. The topological polar surface area (TPSA) is 60.7 Å². The number of rotatable bonds is 5. The highest BCUT2D eigenvalue weighted by Gasteiger charge is 2.29. The molecule has 5 heteroatoms. The van der Waals surface area contributed by atoms with Crippen LogP contribution >= 0.6 is 0 Å². The summed E-state index contributed by atoms with van der Waals surface area (Å²) < 4.78 is 7.06. The van der Waals surface area contributed by atoms with Crippen LogP contribution in [0, 0.1) is 0 Å². The molecule has 1 aromatic carbocycles. The van der Waals surface area contributed by atoms with E-state index in [1.165, 1.54) is 0 Å². The van der Waals surface area contributed by atoms with Gasteiger partial charge in [-0.2, -0.15) is 0 Å². The second-order valence-corrected chi connectivity index (χ2v) is 6.19. The van der Waals surface area contributed by atoms with Crippen molar-refractivity contribution in [2.24, 2.45) is 0 Å². The molecular weight excluding hydrogens is 352 g/mol. The zero-order valence-corrected chi connectivity index (χ0v) is 15.3. The van der Waals surface area contributed by atoms with Gasteiger partial charge in [0.05, 0.1) is 17.7 Å². The zero-order valence-electron chi connectivity index (χ0n) is 15.3. The van der Waals surface area contributed by atoms with Gasteiger partial charge in [-0.05, 0) is 36.8 Å². The normalized spacial score (nSPS) is 10.8. The summed E-state index contributed by atoms with van der Waals surface area (Å²) in [5, 5.41) is 0. The molecule has 28 heavy (non-hydrogen) atoms. The number of carbonyl (C=O) groups excluding carboxylic acids is 2. The van der Waals surface area contributed by atoms with Gasteiger partial charge in [0.2, 0.25) is 5.78 Å². The largest absolute Gasteiger partial charge is 0.462 e. The first-order chi connectivity index (χ1) is 13.7. The van der Waals surface area contributed by atoms with Gasteiger partial charge in [-0.1, -0.05) is 42.5 Å². The highest BCUT2D eigenvalue weighted by atomic mass is 16.5. The van der Waals surface area contributed by atoms with Gasteiger partial charge >= 0.3 is 5.97 Å². The van der Waals surface area contributed by atoms with E-state index in [-0.39, 0.29) is 12.4 Å². The zero-order chi connectivity index (χ0) is 19.5. The molecule has 4 rings (SSSR count). The van der Waals surface area contributed by atoms with Crippen LogP contribution in [0.25, 0.3) is 16.6 Å². The van der Waals surface area contributed by atoms with Crippen molar-refractivity contribution >= 4 is 17.3 Å². The Hall–Kier alpha value is -3.73. The Morgan fingerprint density at radius 1 is 0.964 bits per heavy atom. The molecule has 0 N–H and O–H groups in total. The third-order valence-electron chi connectivity index (χ3n) is 4.50. The van der Waals surface area contributed by atoms with E-state index in [0.29, 0.717) is 28.0 Å². The first kappa shape index (κ1) is 17.7. The van der Waals surface area contributed by atoms with Gasteiger partial charge in [-0.15, -0.1) is 0 Å². The molecule has 0 unspecified atom stereocenters. The number of carbonyl (C=O) groups is 2. The maximum atomic E-state index is 13.4. The summed E-state index contributed by atoms with van der Waals surface area (Å²) in [4.78, 5) is 30.5. The molecular formula is C23H18N2O3. The average molecular weight is 370 g/mol. The quantitative estimate of drug-likeness (QED) is 0.386. The Bertz CT molecular complexity index is 1150. The van der Waals surface area contributed by atoms with E-state index in [9.17, 15) is 9.59 Å². The number of aromatic nitrogens is 2. The maximum absolute atomic E-state index is 13.4. The summed E-state index contributed by atoms with van der Waals surface area (Å²) in [6.45, 7) is 2.01. The lowest BCUT2D eigenvalue weighted by Crippen LogP contribution is -2.09. The SMILES string of the molecule is CCOC(=O)c1c(-c2ccccc2)c(C(=O)c2ccccn2)n2ccccc12. The molecule has 138 valence electrons. The fourth-order valence-electron chi connectivity index (χ4n) is 3.35.